The van der Waals surface area contributed by atoms with Gasteiger partial charge in [0.15, 0.2) is 9.84 Å². The first-order valence-electron chi connectivity index (χ1n) is 7.69. The van der Waals surface area contributed by atoms with Crippen LogP contribution in [0.4, 0.5) is 0 Å². The minimum absolute atomic E-state index is 0.130. The van der Waals surface area contributed by atoms with E-state index in [1.807, 2.05) is 12.1 Å². The zero-order chi connectivity index (χ0) is 15.5. The van der Waals surface area contributed by atoms with Gasteiger partial charge in [0.05, 0.1) is 16.8 Å². The fraction of sp³-hybridized carbons (Fsp3) is 0.625. The van der Waals surface area contributed by atoms with Gasteiger partial charge in [0, 0.05) is 12.1 Å². The molecule has 1 aliphatic rings. The Morgan fingerprint density at radius 1 is 1.19 bits per heavy atom. The maximum atomic E-state index is 11.8. The van der Waals surface area contributed by atoms with E-state index in [-0.39, 0.29) is 17.9 Å². The van der Waals surface area contributed by atoms with Gasteiger partial charge in [-0.2, -0.15) is 0 Å². The van der Waals surface area contributed by atoms with Gasteiger partial charge in [-0.25, -0.2) is 8.42 Å². The highest BCUT2D eigenvalue weighted by Gasteiger charge is 2.21. The van der Waals surface area contributed by atoms with Gasteiger partial charge in [-0.3, -0.25) is 0 Å². The molecule has 1 saturated carbocycles. The van der Waals surface area contributed by atoms with Gasteiger partial charge >= 0.3 is 0 Å². The second-order valence-corrected chi connectivity index (χ2v) is 8.14. The predicted octanol–water partition coefficient (Wildman–Crippen LogP) is 2.43. The summed E-state index contributed by atoms with van der Waals surface area (Å²) in [6, 6.07) is 7.77. The van der Waals surface area contributed by atoms with Gasteiger partial charge in [0.25, 0.3) is 0 Å². The Hall–Kier alpha value is -0.910. The lowest BCUT2D eigenvalue weighted by Crippen LogP contribution is -2.36. The quantitative estimate of drug-likeness (QED) is 0.876. The molecule has 2 N–H and O–H groups in total. The highest BCUT2D eigenvalue weighted by molar-refractivity contribution is 7.91. The number of aliphatic hydroxyl groups is 1. The SMILES string of the molecule is CCS(=O)(=O)c1ccc(C(C)NC2CCC(O)CC2)cc1. The fourth-order valence-corrected chi connectivity index (χ4v) is 3.71. The predicted molar refractivity (Wildman–Crippen MR) is 84.0 cm³/mol. The van der Waals surface area contributed by atoms with Crippen LogP contribution in [0.15, 0.2) is 29.2 Å². The Labute approximate surface area is 127 Å². The number of sulfone groups is 1. The monoisotopic (exact) mass is 311 g/mol. The molecule has 2 rings (SSSR count). The molecule has 0 aromatic heterocycles. The van der Waals surface area contributed by atoms with Crippen molar-refractivity contribution in [1.82, 2.24) is 5.32 Å². The van der Waals surface area contributed by atoms with E-state index in [1.165, 1.54) is 0 Å². The molecule has 0 radical (unpaired) electrons. The number of hydrogen-bond acceptors (Lipinski definition) is 4. The molecule has 0 spiro atoms. The van der Waals surface area contributed by atoms with Crippen molar-refractivity contribution >= 4 is 9.84 Å². The summed E-state index contributed by atoms with van der Waals surface area (Å²) in [5.41, 5.74) is 1.09. The van der Waals surface area contributed by atoms with E-state index in [2.05, 4.69) is 12.2 Å². The van der Waals surface area contributed by atoms with Crippen molar-refractivity contribution in [2.75, 3.05) is 5.75 Å². The van der Waals surface area contributed by atoms with Crippen LogP contribution in [0.5, 0.6) is 0 Å². The molecule has 0 bridgehead atoms. The highest BCUT2D eigenvalue weighted by atomic mass is 32.2. The normalized spacial score (nSPS) is 24.7. The van der Waals surface area contributed by atoms with Gasteiger partial charge in [-0.15, -0.1) is 0 Å². The maximum absolute atomic E-state index is 11.8. The number of aliphatic hydroxyl groups excluding tert-OH is 1. The molecule has 4 nitrogen and oxygen atoms in total. The van der Waals surface area contributed by atoms with Crippen LogP contribution in [0.25, 0.3) is 0 Å². The summed E-state index contributed by atoms with van der Waals surface area (Å²) in [6.07, 6.45) is 3.56. The third-order valence-electron chi connectivity index (χ3n) is 4.30. The van der Waals surface area contributed by atoms with Crippen LogP contribution in [-0.4, -0.2) is 31.4 Å². The van der Waals surface area contributed by atoms with Crippen molar-refractivity contribution < 1.29 is 13.5 Å². The molecule has 0 heterocycles. The number of rotatable bonds is 5. The van der Waals surface area contributed by atoms with Gasteiger partial charge < -0.3 is 10.4 Å². The fourth-order valence-electron chi connectivity index (χ4n) is 2.82. The Morgan fingerprint density at radius 2 is 1.76 bits per heavy atom. The summed E-state index contributed by atoms with van der Waals surface area (Å²) in [5.74, 6) is 0.130. The summed E-state index contributed by atoms with van der Waals surface area (Å²) in [5, 5.41) is 13.1. The molecule has 21 heavy (non-hydrogen) atoms. The van der Waals surface area contributed by atoms with Crippen molar-refractivity contribution in [3.05, 3.63) is 29.8 Å². The topological polar surface area (TPSA) is 66.4 Å². The van der Waals surface area contributed by atoms with Crippen LogP contribution >= 0.6 is 0 Å². The Balaban J connectivity index is 1.98. The smallest absolute Gasteiger partial charge is 0.178 e. The van der Waals surface area contributed by atoms with Crippen molar-refractivity contribution in [2.24, 2.45) is 0 Å². The molecule has 118 valence electrons. The minimum atomic E-state index is -3.12. The molecule has 0 saturated heterocycles. The van der Waals surface area contributed by atoms with Crippen LogP contribution in [-0.2, 0) is 9.84 Å². The highest BCUT2D eigenvalue weighted by Crippen LogP contribution is 2.23. The molecular weight excluding hydrogens is 286 g/mol. The zero-order valence-electron chi connectivity index (χ0n) is 12.7. The van der Waals surface area contributed by atoms with Crippen LogP contribution in [0.2, 0.25) is 0 Å². The third kappa shape index (κ3) is 4.28. The summed E-state index contributed by atoms with van der Waals surface area (Å²) in [6.45, 7) is 3.75. The molecule has 1 fully saturated rings. The van der Waals surface area contributed by atoms with Crippen molar-refractivity contribution in [3.63, 3.8) is 0 Å². The van der Waals surface area contributed by atoms with E-state index < -0.39 is 9.84 Å². The Morgan fingerprint density at radius 3 is 2.29 bits per heavy atom. The lowest BCUT2D eigenvalue weighted by atomic mass is 9.92. The maximum Gasteiger partial charge on any atom is 0.178 e. The van der Waals surface area contributed by atoms with E-state index in [4.69, 9.17) is 0 Å². The van der Waals surface area contributed by atoms with Crippen molar-refractivity contribution in [1.29, 1.82) is 0 Å². The van der Waals surface area contributed by atoms with Gasteiger partial charge in [0.2, 0.25) is 0 Å². The Bertz CT molecular complexity index is 545. The minimum Gasteiger partial charge on any atom is -0.393 e. The van der Waals surface area contributed by atoms with E-state index in [9.17, 15) is 13.5 Å². The molecule has 1 aromatic carbocycles. The second kappa shape index (κ2) is 6.90. The standard InChI is InChI=1S/C16H25NO3S/c1-3-21(19,20)16-10-4-13(5-11-16)12(2)17-14-6-8-15(18)9-7-14/h4-5,10-12,14-15,17-18H,3,6-9H2,1-2H3. The van der Waals surface area contributed by atoms with E-state index >= 15 is 0 Å². The van der Waals surface area contributed by atoms with Gasteiger partial charge in [0.1, 0.15) is 0 Å². The summed E-state index contributed by atoms with van der Waals surface area (Å²) >= 11 is 0. The van der Waals surface area contributed by atoms with Crippen molar-refractivity contribution in [2.45, 2.75) is 62.6 Å². The first kappa shape index (κ1) is 16.5. The van der Waals surface area contributed by atoms with Crippen LogP contribution in [0, 0.1) is 0 Å². The van der Waals surface area contributed by atoms with E-state index in [1.54, 1.807) is 19.1 Å². The average Bonchev–Trinajstić information content (AvgIpc) is 2.49. The lowest BCUT2D eigenvalue weighted by Gasteiger charge is -2.29. The molecule has 1 aliphatic carbocycles. The Kier molecular flexibility index (Phi) is 5.41. The van der Waals surface area contributed by atoms with E-state index in [0.29, 0.717) is 10.9 Å². The molecule has 1 unspecified atom stereocenters. The van der Waals surface area contributed by atoms with Crippen LogP contribution in [0.3, 0.4) is 0 Å². The van der Waals surface area contributed by atoms with Gasteiger partial charge in [-0.1, -0.05) is 19.1 Å². The molecule has 5 heteroatoms. The molecule has 0 aliphatic heterocycles. The summed E-state index contributed by atoms with van der Waals surface area (Å²) < 4.78 is 23.6. The molecule has 0 amide bonds. The summed E-state index contributed by atoms with van der Waals surface area (Å²) in [7, 11) is -3.12. The molecule has 1 atom stereocenters. The second-order valence-electron chi connectivity index (χ2n) is 5.87. The molecule has 1 aromatic rings. The lowest BCUT2D eigenvalue weighted by molar-refractivity contribution is 0.114. The largest absolute Gasteiger partial charge is 0.393 e. The average molecular weight is 311 g/mol. The van der Waals surface area contributed by atoms with Crippen LogP contribution in [0.1, 0.15) is 51.1 Å². The first-order chi connectivity index (χ1) is 9.92. The van der Waals surface area contributed by atoms with Crippen LogP contribution < -0.4 is 5.32 Å². The molecular formula is C16H25NO3S. The van der Waals surface area contributed by atoms with E-state index in [0.717, 1.165) is 31.2 Å². The number of nitrogens with one attached hydrogen (secondary N) is 1. The zero-order valence-corrected chi connectivity index (χ0v) is 13.6. The first-order valence-corrected chi connectivity index (χ1v) is 9.34. The van der Waals surface area contributed by atoms with Gasteiger partial charge in [-0.05, 0) is 50.3 Å². The number of benzene rings is 1. The van der Waals surface area contributed by atoms with Crippen molar-refractivity contribution in [3.8, 4) is 0 Å². The number of hydrogen-bond donors (Lipinski definition) is 2. The third-order valence-corrected chi connectivity index (χ3v) is 6.05. The summed E-state index contributed by atoms with van der Waals surface area (Å²) in [4.78, 5) is 0.390.